The van der Waals surface area contributed by atoms with Crippen molar-refractivity contribution in [2.24, 2.45) is 0 Å². The van der Waals surface area contributed by atoms with E-state index in [1.807, 2.05) is 72.8 Å². The number of methoxy groups -OCH3 is 1. The summed E-state index contributed by atoms with van der Waals surface area (Å²) in [4.78, 5) is 31.0. The molecule has 0 radical (unpaired) electrons. The molecule has 1 heterocycles. The second-order valence-electron chi connectivity index (χ2n) is 11.7. The van der Waals surface area contributed by atoms with Gasteiger partial charge in [0.25, 0.3) is 5.91 Å². The average molecular weight is 604 g/mol. The molecule has 5 aromatic rings. The number of rotatable bonds is 11. The summed E-state index contributed by atoms with van der Waals surface area (Å²) in [5.41, 5.74) is 1.62. The molecular weight excluding hydrogens is 570 g/mol. The Bertz CT molecular complexity index is 1900. The van der Waals surface area contributed by atoms with Crippen molar-refractivity contribution in [1.29, 1.82) is 0 Å². The highest BCUT2D eigenvalue weighted by molar-refractivity contribution is 6.07. The van der Waals surface area contributed by atoms with Gasteiger partial charge in [0.1, 0.15) is 18.1 Å². The van der Waals surface area contributed by atoms with Crippen LogP contribution >= 0.6 is 0 Å². The van der Waals surface area contributed by atoms with E-state index in [0.29, 0.717) is 40.6 Å². The molecule has 2 amide bonds. The molecule has 2 fully saturated rings. The van der Waals surface area contributed by atoms with Gasteiger partial charge in [-0.15, -0.1) is 0 Å². The standard InChI is InChI=1S/C36H33N3O6/c1-43-32-19-29-30(20-33(32)44-22-36(15-16-36)39(35(41)42)21-23-6-3-2-4-7-23)37-17-14-31(29)45-26-12-13-27-24(18-26)8-5-9-28(27)34(40)38-25-10-11-25/h2-9,12-14,17-20,25H,10-11,15-16,21-22H2,1H3,(H,38,40)(H,41,42). The first-order valence-electron chi connectivity index (χ1n) is 15.1. The summed E-state index contributed by atoms with van der Waals surface area (Å²) < 4.78 is 18.3. The van der Waals surface area contributed by atoms with Crippen molar-refractivity contribution in [2.45, 2.75) is 43.8 Å². The maximum absolute atomic E-state index is 12.8. The quantitative estimate of drug-likeness (QED) is 0.165. The molecule has 0 aliphatic heterocycles. The van der Waals surface area contributed by atoms with Gasteiger partial charge in [0, 0.05) is 35.8 Å². The fourth-order valence-corrected chi connectivity index (χ4v) is 5.68. The second kappa shape index (κ2) is 11.6. The Labute approximate surface area is 260 Å². The van der Waals surface area contributed by atoms with Crippen molar-refractivity contribution in [1.82, 2.24) is 15.2 Å². The molecule has 0 spiro atoms. The van der Waals surface area contributed by atoms with Crippen molar-refractivity contribution >= 4 is 33.7 Å². The molecule has 1 aromatic heterocycles. The zero-order valence-corrected chi connectivity index (χ0v) is 24.9. The highest BCUT2D eigenvalue weighted by Gasteiger charge is 2.51. The molecule has 0 saturated heterocycles. The summed E-state index contributed by atoms with van der Waals surface area (Å²) in [5, 5.41) is 15.6. The van der Waals surface area contributed by atoms with E-state index >= 15 is 0 Å². The topological polar surface area (TPSA) is 110 Å². The Hall–Kier alpha value is -5.31. The molecule has 0 bridgehead atoms. The van der Waals surface area contributed by atoms with Gasteiger partial charge in [-0.25, -0.2) is 4.79 Å². The average Bonchev–Trinajstić information content (AvgIpc) is 4.00. The summed E-state index contributed by atoms with van der Waals surface area (Å²) in [6, 6.07) is 26.6. The van der Waals surface area contributed by atoms with E-state index in [1.54, 1.807) is 25.4 Å². The van der Waals surface area contributed by atoms with Crippen LogP contribution in [0.3, 0.4) is 0 Å². The van der Waals surface area contributed by atoms with Crippen LogP contribution in [0.15, 0.2) is 91.1 Å². The molecule has 0 atom stereocenters. The lowest BCUT2D eigenvalue weighted by Crippen LogP contribution is -2.44. The molecule has 2 aliphatic rings. The van der Waals surface area contributed by atoms with Gasteiger partial charge >= 0.3 is 6.09 Å². The zero-order valence-electron chi connectivity index (χ0n) is 24.9. The van der Waals surface area contributed by atoms with Gasteiger partial charge in [0.2, 0.25) is 0 Å². The predicted octanol–water partition coefficient (Wildman–Crippen LogP) is 7.17. The normalized spacial score (nSPS) is 15.0. The third-order valence-electron chi connectivity index (χ3n) is 8.53. The first kappa shape index (κ1) is 28.5. The van der Waals surface area contributed by atoms with Gasteiger partial charge in [-0.05, 0) is 78.4 Å². The van der Waals surface area contributed by atoms with Gasteiger partial charge in [-0.3, -0.25) is 14.7 Å². The number of aromatic nitrogens is 1. The fraction of sp³-hybridized carbons (Fsp3) is 0.250. The minimum absolute atomic E-state index is 0.0542. The number of ether oxygens (including phenoxy) is 3. The van der Waals surface area contributed by atoms with Crippen LogP contribution in [0.4, 0.5) is 4.79 Å². The van der Waals surface area contributed by atoms with Crippen LogP contribution in [0.1, 0.15) is 41.6 Å². The summed E-state index contributed by atoms with van der Waals surface area (Å²) in [7, 11) is 1.57. The van der Waals surface area contributed by atoms with Crippen molar-refractivity contribution in [3.8, 4) is 23.0 Å². The maximum atomic E-state index is 12.8. The lowest BCUT2D eigenvalue weighted by Gasteiger charge is -2.30. The molecule has 9 heteroatoms. The number of amides is 2. The minimum atomic E-state index is -0.972. The van der Waals surface area contributed by atoms with Crippen LogP contribution in [0.25, 0.3) is 21.7 Å². The lowest BCUT2D eigenvalue weighted by atomic mass is 10.0. The van der Waals surface area contributed by atoms with E-state index in [9.17, 15) is 14.7 Å². The Morgan fingerprint density at radius 1 is 0.933 bits per heavy atom. The fourth-order valence-electron chi connectivity index (χ4n) is 5.68. The number of nitrogens with one attached hydrogen (secondary N) is 1. The van der Waals surface area contributed by atoms with Crippen molar-refractivity contribution < 1.29 is 28.9 Å². The van der Waals surface area contributed by atoms with Crippen LogP contribution in [0, 0.1) is 0 Å². The van der Waals surface area contributed by atoms with Crippen molar-refractivity contribution in [3.05, 3.63) is 102 Å². The Balaban J connectivity index is 1.12. The zero-order chi connectivity index (χ0) is 31.0. The molecule has 2 aliphatic carbocycles. The predicted molar refractivity (Wildman–Crippen MR) is 170 cm³/mol. The number of hydrogen-bond acceptors (Lipinski definition) is 6. The maximum Gasteiger partial charge on any atom is 0.408 e. The second-order valence-corrected chi connectivity index (χ2v) is 11.7. The monoisotopic (exact) mass is 603 g/mol. The van der Waals surface area contributed by atoms with Crippen molar-refractivity contribution in [2.75, 3.05) is 13.7 Å². The van der Waals surface area contributed by atoms with E-state index in [4.69, 9.17) is 14.2 Å². The molecule has 0 unspecified atom stereocenters. The Morgan fingerprint density at radius 2 is 1.76 bits per heavy atom. The van der Waals surface area contributed by atoms with Crippen LogP contribution in [0.5, 0.6) is 23.0 Å². The molecular formula is C36H33N3O6. The van der Waals surface area contributed by atoms with E-state index < -0.39 is 11.6 Å². The van der Waals surface area contributed by atoms with Crippen LogP contribution < -0.4 is 19.5 Å². The number of carbonyl (C=O) groups excluding carboxylic acids is 1. The van der Waals surface area contributed by atoms with E-state index in [2.05, 4.69) is 10.3 Å². The summed E-state index contributed by atoms with van der Waals surface area (Å²) in [6.07, 6.45) is 4.20. The lowest BCUT2D eigenvalue weighted by molar-refractivity contribution is 0.0878. The molecule has 4 aromatic carbocycles. The molecule has 2 saturated carbocycles. The Morgan fingerprint density at radius 3 is 2.49 bits per heavy atom. The summed E-state index contributed by atoms with van der Waals surface area (Å²) >= 11 is 0. The minimum Gasteiger partial charge on any atom is -0.493 e. The number of carboxylic acid groups (broad SMARTS) is 1. The molecule has 228 valence electrons. The van der Waals surface area contributed by atoms with Gasteiger partial charge < -0.3 is 24.6 Å². The van der Waals surface area contributed by atoms with Gasteiger partial charge in [0.15, 0.2) is 11.5 Å². The third-order valence-corrected chi connectivity index (χ3v) is 8.53. The number of fused-ring (bicyclic) bond motifs is 2. The molecule has 2 N–H and O–H groups in total. The first-order chi connectivity index (χ1) is 21.9. The van der Waals surface area contributed by atoms with Crippen molar-refractivity contribution in [3.63, 3.8) is 0 Å². The number of benzene rings is 4. The van der Waals surface area contributed by atoms with E-state index in [-0.39, 0.29) is 18.6 Å². The molecule has 45 heavy (non-hydrogen) atoms. The highest BCUT2D eigenvalue weighted by Crippen LogP contribution is 2.45. The SMILES string of the molecule is COc1cc2c(Oc3ccc4c(C(=O)NC5CC5)cccc4c3)ccnc2cc1OCC1(N(Cc2ccccc2)C(=O)O)CC1. The Kier molecular flexibility index (Phi) is 7.37. The van der Waals surface area contributed by atoms with Gasteiger partial charge in [-0.1, -0.05) is 42.5 Å². The van der Waals surface area contributed by atoms with Gasteiger partial charge in [-0.2, -0.15) is 0 Å². The largest absolute Gasteiger partial charge is 0.493 e. The van der Waals surface area contributed by atoms with Gasteiger partial charge in [0.05, 0.1) is 18.2 Å². The van der Waals surface area contributed by atoms with Crippen LogP contribution in [-0.4, -0.2) is 52.3 Å². The number of hydrogen-bond donors (Lipinski definition) is 2. The van der Waals surface area contributed by atoms with E-state index in [1.165, 1.54) is 4.90 Å². The highest BCUT2D eigenvalue weighted by atomic mass is 16.5. The first-order valence-corrected chi connectivity index (χ1v) is 15.1. The number of carbonyl (C=O) groups is 2. The molecule has 9 nitrogen and oxygen atoms in total. The van der Waals surface area contributed by atoms with E-state index in [0.717, 1.165) is 47.4 Å². The number of pyridine rings is 1. The summed E-state index contributed by atoms with van der Waals surface area (Å²) in [6.45, 7) is 0.488. The third kappa shape index (κ3) is 5.93. The smallest absolute Gasteiger partial charge is 0.408 e. The van der Waals surface area contributed by atoms with Crippen LogP contribution in [0.2, 0.25) is 0 Å². The summed E-state index contributed by atoms with van der Waals surface area (Å²) in [5.74, 6) is 2.13. The number of nitrogens with zero attached hydrogens (tertiary/aromatic N) is 2. The van der Waals surface area contributed by atoms with Crippen LogP contribution in [-0.2, 0) is 6.54 Å². The molecule has 7 rings (SSSR count).